The van der Waals surface area contributed by atoms with Crippen LogP contribution >= 0.6 is 24.0 Å². The largest absolute Gasteiger partial charge is 0.362 e. The van der Waals surface area contributed by atoms with Crippen LogP contribution in [0.1, 0.15) is 26.2 Å². The Morgan fingerprint density at radius 1 is 1.29 bits per heavy atom. The third kappa shape index (κ3) is 7.32. The number of thioether (sulfide) groups is 1. The van der Waals surface area contributed by atoms with Crippen LogP contribution in [0.3, 0.4) is 0 Å². The molecular weight excluding hydrogens is 348 g/mol. The minimum atomic E-state index is -2.39. The van der Waals surface area contributed by atoms with Crippen LogP contribution in [0.15, 0.2) is 29.2 Å². The Labute approximate surface area is 152 Å². The summed E-state index contributed by atoms with van der Waals surface area (Å²) in [5.74, 6) is -1.53. The SMILES string of the molecule is CC1CCN(CCCNC(=S)Nc2ccc(SC(F)F)cc2)CC1. The Morgan fingerprint density at radius 2 is 1.96 bits per heavy atom. The molecule has 0 unspecified atom stereocenters. The summed E-state index contributed by atoms with van der Waals surface area (Å²) in [5, 5.41) is 6.84. The molecule has 1 saturated heterocycles. The maximum absolute atomic E-state index is 12.3. The predicted molar refractivity (Wildman–Crippen MR) is 102 cm³/mol. The molecule has 1 aromatic carbocycles. The number of alkyl halides is 2. The lowest BCUT2D eigenvalue weighted by Gasteiger charge is -2.30. The van der Waals surface area contributed by atoms with Crippen molar-refractivity contribution in [3.63, 3.8) is 0 Å². The second-order valence-electron chi connectivity index (χ2n) is 6.16. The van der Waals surface area contributed by atoms with Crippen LogP contribution in [0.25, 0.3) is 0 Å². The number of nitrogens with zero attached hydrogens (tertiary/aromatic N) is 1. The highest BCUT2D eigenvalue weighted by molar-refractivity contribution is 7.99. The van der Waals surface area contributed by atoms with E-state index in [1.807, 2.05) is 0 Å². The van der Waals surface area contributed by atoms with Gasteiger partial charge < -0.3 is 15.5 Å². The molecule has 1 aliphatic rings. The molecule has 0 bridgehead atoms. The topological polar surface area (TPSA) is 27.3 Å². The first-order valence-electron chi connectivity index (χ1n) is 8.35. The summed E-state index contributed by atoms with van der Waals surface area (Å²) in [6.45, 7) is 6.65. The average Bonchev–Trinajstić information content (AvgIpc) is 2.55. The van der Waals surface area contributed by atoms with Gasteiger partial charge in [0.05, 0.1) is 0 Å². The molecule has 0 saturated carbocycles. The molecule has 2 N–H and O–H groups in total. The second-order valence-corrected chi connectivity index (χ2v) is 7.63. The number of hydrogen-bond donors (Lipinski definition) is 2. The van der Waals surface area contributed by atoms with E-state index in [0.717, 1.165) is 31.1 Å². The summed E-state index contributed by atoms with van der Waals surface area (Å²) in [6.07, 6.45) is 3.65. The normalized spacial score (nSPS) is 16.3. The number of rotatable bonds is 7. The molecule has 3 nitrogen and oxygen atoms in total. The van der Waals surface area contributed by atoms with Gasteiger partial charge in [0, 0.05) is 17.1 Å². The standard InChI is InChI=1S/C17H25F2N3S2/c1-13-7-11-22(12-8-13)10-2-9-20-17(23)21-14-3-5-15(6-4-14)24-16(18)19/h3-6,13,16H,2,7-12H2,1H3,(H2,20,21,23). The third-order valence-corrected chi connectivity index (χ3v) is 5.12. The highest BCUT2D eigenvalue weighted by Gasteiger charge is 2.14. The van der Waals surface area contributed by atoms with Crippen molar-refractivity contribution in [2.75, 3.05) is 31.5 Å². The van der Waals surface area contributed by atoms with Crippen molar-refractivity contribution in [2.45, 2.75) is 36.8 Å². The predicted octanol–water partition coefficient (Wildman–Crippen LogP) is 4.41. The molecule has 1 aromatic rings. The lowest BCUT2D eigenvalue weighted by Crippen LogP contribution is -2.36. The quantitative estimate of drug-likeness (QED) is 0.419. The molecule has 24 heavy (non-hydrogen) atoms. The monoisotopic (exact) mass is 373 g/mol. The molecule has 1 fully saturated rings. The number of piperidine rings is 1. The van der Waals surface area contributed by atoms with E-state index in [1.165, 1.54) is 25.9 Å². The molecule has 0 aliphatic carbocycles. The first-order chi connectivity index (χ1) is 11.5. The molecule has 2 rings (SSSR count). The highest BCUT2D eigenvalue weighted by atomic mass is 32.2. The molecule has 0 amide bonds. The van der Waals surface area contributed by atoms with Crippen molar-refractivity contribution >= 4 is 34.8 Å². The summed E-state index contributed by atoms with van der Waals surface area (Å²) in [6, 6.07) is 6.85. The van der Waals surface area contributed by atoms with Gasteiger partial charge in [0.15, 0.2) is 5.11 Å². The zero-order chi connectivity index (χ0) is 17.4. The van der Waals surface area contributed by atoms with Gasteiger partial charge >= 0.3 is 0 Å². The number of likely N-dealkylation sites (tertiary alicyclic amines) is 1. The summed E-state index contributed by atoms with van der Waals surface area (Å²) in [7, 11) is 0. The van der Waals surface area contributed by atoms with Crippen LogP contribution < -0.4 is 10.6 Å². The fourth-order valence-corrected chi connectivity index (χ4v) is 3.40. The highest BCUT2D eigenvalue weighted by Crippen LogP contribution is 2.26. The van der Waals surface area contributed by atoms with Gasteiger partial charge in [-0.25, -0.2) is 0 Å². The molecular formula is C17H25F2N3S2. The second kappa shape index (κ2) is 10.2. The summed E-state index contributed by atoms with van der Waals surface area (Å²) in [5.41, 5.74) is 0.802. The molecule has 1 aliphatic heterocycles. The molecule has 0 radical (unpaired) electrons. The Kier molecular flexibility index (Phi) is 8.21. The van der Waals surface area contributed by atoms with Crippen molar-refractivity contribution in [3.05, 3.63) is 24.3 Å². The lowest BCUT2D eigenvalue weighted by molar-refractivity contribution is 0.191. The summed E-state index contributed by atoms with van der Waals surface area (Å²) in [4.78, 5) is 3.06. The Balaban J connectivity index is 1.61. The number of benzene rings is 1. The van der Waals surface area contributed by atoms with Gasteiger partial charge in [-0.3, -0.25) is 0 Å². The van der Waals surface area contributed by atoms with Gasteiger partial charge in [-0.1, -0.05) is 18.7 Å². The fourth-order valence-electron chi connectivity index (χ4n) is 2.69. The zero-order valence-corrected chi connectivity index (χ0v) is 15.6. The Hall–Kier alpha value is -0.920. The lowest BCUT2D eigenvalue weighted by atomic mass is 9.99. The fraction of sp³-hybridized carbons (Fsp3) is 0.588. The van der Waals surface area contributed by atoms with E-state index in [2.05, 4.69) is 22.5 Å². The third-order valence-electron chi connectivity index (χ3n) is 4.15. The van der Waals surface area contributed by atoms with Crippen LogP contribution in [0.2, 0.25) is 0 Å². The van der Waals surface area contributed by atoms with Crippen molar-refractivity contribution < 1.29 is 8.78 Å². The minimum absolute atomic E-state index is 0.542. The number of thiocarbonyl (C=S) groups is 1. The van der Waals surface area contributed by atoms with Gasteiger partial charge in [-0.2, -0.15) is 8.78 Å². The zero-order valence-electron chi connectivity index (χ0n) is 13.9. The minimum Gasteiger partial charge on any atom is -0.362 e. The van der Waals surface area contributed by atoms with E-state index < -0.39 is 5.76 Å². The maximum Gasteiger partial charge on any atom is 0.288 e. The van der Waals surface area contributed by atoms with Crippen LogP contribution in [0, 0.1) is 5.92 Å². The molecule has 1 heterocycles. The first kappa shape index (κ1) is 19.4. The summed E-state index contributed by atoms with van der Waals surface area (Å²) < 4.78 is 24.5. The van der Waals surface area contributed by atoms with Crippen LogP contribution in [-0.2, 0) is 0 Å². The number of hydrogen-bond acceptors (Lipinski definition) is 3. The van der Waals surface area contributed by atoms with Gasteiger partial charge in [0.2, 0.25) is 0 Å². The molecule has 0 spiro atoms. The molecule has 7 heteroatoms. The average molecular weight is 374 g/mol. The Morgan fingerprint density at radius 3 is 2.58 bits per heavy atom. The number of anilines is 1. The molecule has 134 valence electrons. The van der Waals surface area contributed by atoms with E-state index in [0.29, 0.717) is 21.8 Å². The van der Waals surface area contributed by atoms with Gasteiger partial charge in [-0.05, 0) is 81.3 Å². The number of halogens is 2. The van der Waals surface area contributed by atoms with E-state index in [1.54, 1.807) is 24.3 Å². The van der Waals surface area contributed by atoms with Crippen LogP contribution in [-0.4, -0.2) is 41.9 Å². The molecule has 0 aromatic heterocycles. The summed E-state index contributed by atoms with van der Waals surface area (Å²) >= 11 is 5.81. The van der Waals surface area contributed by atoms with E-state index in [4.69, 9.17) is 12.2 Å². The van der Waals surface area contributed by atoms with Crippen LogP contribution in [0.4, 0.5) is 14.5 Å². The maximum atomic E-state index is 12.3. The van der Waals surface area contributed by atoms with Gasteiger partial charge in [0.25, 0.3) is 5.76 Å². The van der Waals surface area contributed by atoms with Crippen molar-refractivity contribution in [3.8, 4) is 0 Å². The first-order valence-corrected chi connectivity index (χ1v) is 9.64. The smallest absolute Gasteiger partial charge is 0.288 e. The number of nitrogens with one attached hydrogen (secondary N) is 2. The van der Waals surface area contributed by atoms with Gasteiger partial charge in [-0.15, -0.1) is 0 Å². The van der Waals surface area contributed by atoms with Crippen molar-refractivity contribution in [2.24, 2.45) is 5.92 Å². The van der Waals surface area contributed by atoms with E-state index >= 15 is 0 Å². The van der Waals surface area contributed by atoms with E-state index in [-0.39, 0.29) is 0 Å². The van der Waals surface area contributed by atoms with E-state index in [9.17, 15) is 8.78 Å². The van der Waals surface area contributed by atoms with Crippen LogP contribution in [0.5, 0.6) is 0 Å². The van der Waals surface area contributed by atoms with Gasteiger partial charge in [0.1, 0.15) is 0 Å². The van der Waals surface area contributed by atoms with Crippen molar-refractivity contribution in [1.29, 1.82) is 0 Å². The molecule has 0 atom stereocenters. The van der Waals surface area contributed by atoms with Crippen molar-refractivity contribution in [1.82, 2.24) is 10.2 Å². The Bertz CT molecular complexity index is 503.